The lowest BCUT2D eigenvalue weighted by atomic mass is 9.97. The Morgan fingerprint density at radius 2 is 1.88 bits per heavy atom. The van der Waals surface area contributed by atoms with E-state index in [1.54, 1.807) is 6.20 Å². The van der Waals surface area contributed by atoms with Crippen molar-refractivity contribution in [2.45, 2.75) is 19.9 Å². The van der Waals surface area contributed by atoms with Crippen LogP contribution in [0.25, 0.3) is 0 Å². The highest BCUT2D eigenvalue weighted by atomic mass is 16.2. The predicted molar refractivity (Wildman–Crippen MR) is 99.4 cm³/mol. The van der Waals surface area contributed by atoms with Crippen LogP contribution in [0, 0.1) is 6.92 Å². The highest BCUT2D eigenvalue weighted by Crippen LogP contribution is 2.29. The van der Waals surface area contributed by atoms with E-state index in [9.17, 15) is 4.79 Å². The summed E-state index contributed by atoms with van der Waals surface area (Å²) in [5, 5.41) is 0. The van der Waals surface area contributed by atoms with Crippen LogP contribution < -0.4 is 0 Å². The largest absolute Gasteiger partial charge is 0.347 e. The average molecular weight is 333 g/mol. The van der Waals surface area contributed by atoms with Gasteiger partial charge >= 0.3 is 0 Å². The van der Waals surface area contributed by atoms with Crippen molar-refractivity contribution in [2.75, 3.05) is 6.54 Å². The Balaban J connectivity index is 2.07. The van der Waals surface area contributed by atoms with Crippen LogP contribution in [0.5, 0.6) is 0 Å². The second kappa shape index (κ2) is 7.34. The van der Waals surface area contributed by atoms with Crippen molar-refractivity contribution >= 4 is 5.91 Å². The molecular formula is C21H23N3O. The van der Waals surface area contributed by atoms with E-state index < -0.39 is 0 Å². The van der Waals surface area contributed by atoms with Crippen molar-refractivity contribution in [3.8, 4) is 0 Å². The molecule has 4 nitrogen and oxygen atoms in total. The van der Waals surface area contributed by atoms with Gasteiger partial charge in [0.05, 0.1) is 6.04 Å². The number of carbonyl (C=O) groups excluding carboxylic acids is 1. The predicted octanol–water partition coefficient (Wildman–Crippen LogP) is 3.98. The molecule has 0 saturated heterocycles. The van der Waals surface area contributed by atoms with Gasteiger partial charge in [-0.15, -0.1) is 0 Å². The van der Waals surface area contributed by atoms with Gasteiger partial charge < -0.3 is 9.47 Å². The molecule has 0 spiro atoms. The number of amides is 1. The third kappa shape index (κ3) is 3.48. The van der Waals surface area contributed by atoms with Gasteiger partial charge in [-0.3, -0.25) is 9.78 Å². The lowest BCUT2D eigenvalue weighted by Gasteiger charge is -2.31. The Morgan fingerprint density at radius 1 is 1.12 bits per heavy atom. The number of aromatic nitrogens is 2. The van der Waals surface area contributed by atoms with Crippen LogP contribution in [0.1, 0.15) is 40.1 Å². The summed E-state index contributed by atoms with van der Waals surface area (Å²) in [4.78, 5) is 19.4. The van der Waals surface area contributed by atoms with E-state index in [1.165, 1.54) is 5.56 Å². The van der Waals surface area contributed by atoms with Gasteiger partial charge in [-0.2, -0.15) is 0 Å². The molecule has 128 valence electrons. The van der Waals surface area contributed by atoms with Crippen molar-refractivity contribution < 1.29 is 4.79 Å². The highest BCUT2D eigenvalue weighted by Gasteiger charge is 2.27. The summed E-state index contributed by atoms with van der Waals surface area (Å²) in [6.45, 7) is 4.69. The smallest absolute Gasteiger partial charge is 0.271 e. The first-order chi connectivity index (χ1) is 12.1. The number of rotatable bonds is 5. The molecule has 1 amide bonds. The molecule has 0 radical (unpaired) electrons. The number of pyridine rings is 1. The second-order valence-corrected chi connectivity index (χ2v) is 6.20. The maximum atomic E-state index is 13.2. The van der Waals surface area contributed by atoms with E-state index in [2.05, 4.69) is 36.2 Å². The molecule has 25 heavy (non-hydrogen) atoms. The van der Waals surface area contributed by atoms with Crippen LogP contribution in [-0.2, 0) is 7.05 Å². The quantitative estimate of drug-likeness (QED) is 0.708. The van der Waals surface area contributed by atoms with Crippen molar-refractivity contribution in [3.05, 3.63) is 89.5 Å². The molecular weight excluding hydrogens is 310 g/mol. The third-order valence-electron chi connectivity index (χ3n) is 4.47. The Labute approximate surface area is 148 Å². The van der Waals surface area contributed by atoms with E-state index in [0.29, 0.717) is 12.2 Å². The molecule has 1 aromatic carbocycles. The Bertz CT molecular complexity index is 837. The van der Waals surface area contributed by atoms with E-state index >= 15 is 0 Å². The zero-order valence-corrected chi connectivity index (χ0v) is 14.9. The van der Waals surface area contributed by atoms with Crippen molar-refractivity contribution in [1.82, 2.24) is 14.5 Å². The molecule has 4 heteroatoms. The molecule has 0 bridgehead atoms. The molecule has 3 aromatic rings. The van der Waals surface area contributed by atoms with Gasteiger partial charge in [0, 0.05) is 32.2 Å². The molecule has 0 fully saturated rings. The maximum absolute atomic E-state index is 13.2. The molecule has 0 aliphatic carbocycles. The second-order valence-electron chi connectivity index (χ2n) is 6.20. The Kier molecular flexibility index (Phi) is 4.98. The number of nitrogens with zero attached hydrogens (tertiary/aromatic N) is 3. The molecule has 1 unspecified atom stereocenters. The molecule has 0 N–H and O–H groups in total. The van der Waals surface area contributed by atoms with Gasteiger partial charge in [0.15, 0.2) is 0 Å². The van der Waals surface area contributed by atoms with Gasteiger partial charge in [0.25, 0.3) is 5.91 Å². The minimum Gasteiger partial charge on any atom is -0.347 e. The van der Waals surface area contributed by atoms with Crippen LogP contribution in [0.15, 0.2) is 67.1 Å². The average Bonchev–Trinajstić information content (AvgIpc) is 3.07. The molecule has 0 saturated carbocycles. The lowest BCUT2D eigenvalue weighted by Crippen LogP contribution is -2.36. The van der Waals surface area contributed by atoms with Crippen LogP contribution in [-0.4, -0.2) is 26.9 Å². The molecule has 1 atom stereocenters. The fraction of sp³-hybridized carbons (Fsp3) is 0.238. The number of benzene rings is 1. The van der Waals surface area contributed by atoms with Crippen molar-refractivity contribution in [3.63, 3.8) is 0 Å². The minimum absolute atomic E-state index is 0.0180. The van der Waals surface area contributed by atoms with E-state index in [1.807, 2.05) is 60.1 Å². The summed E-state index contributed by atoms with van der Waals surface area (Å²) in [5.74, 6) is 0.0180. The van der Waals surface area contributed by atoms with Crippen LogP contribution in [0.2, 0.25) is 0 Å². The summed E-state index contributed by atoms with van der Waals surface area (Å²) in [5.41, 5.74) is 3.98. The van der Waals surface area contributed by atoms with Gasteiger partial charge in [-0.1, -0.05) is 35.9 Å². The topological polar surface area (TPSA) is 38.1 Å². The van der Waals surface area contributed by atoms with Crippen molar-refractivity contribution in [2.24, 2.45) is 7.05 Å². The molecule has 0 aliphatic heterocycles. The zero-order chi connectivity index (χ0) is 17.8. The van der Waals surface area contributed by atoms with E-state index in [-0.39, 0.29) is 11.9 Å². The van der Waals surface area contributed by atoms with Gasteiger partial charge in [-0.25, -0.2) is 0 Å². The monoisotopic (exact) mass is 333 g/mol. The standard InChI is InChI=1S/C21H23N3O/c1-4-24(21(25)19-8-6-14-23(19)3)20(18-7-5-13-22-15-18)17-11-9-16(2)10-12-17/h5-15,20H,4H2,1-3H3. The molecule has 2 heterocycles. The number of hydrogen-bond acceptors (Lipinski definition) is 2. The first kappa shape index (κ1) is 17.0. The molecule has 2 aromatic heterocycles. The van der Waals surface area contributed by atoms with Gasteiger partial charge in [-0.05, 0) is 43.2 Å². The summed E-state index contributed by atoms with van der Waals surface area (Å²) in [7, 11) is 1.89. The summed E-state index contributed by atoms with van der Waals surface area (Å²) < 4.78 is 1.86. The van der Waals surface area contributed by atoms with Crippen molar-refractivity contribution in [1.29, 1.82) is 0 Å². The minimum atomic E-state index is -0.165. The highest BCUT2D eigenvalue weighted by molar-refractivity contribution is 5.93. The lowest BCUT2D eigenvalue weighted by molar-refractivity contribution is 0.0707. The summed E-state index contributed by atoms with van der Waals surface area (Å²) in [6, 6.07) is 15.9. The Hall–Kier alpha value is -2.88. The third-order valence-corrected chi connectivity index (χ3v) is 4.47. The summed E-state index contributed by atoms with van der Waals surface area (Å²) >= 11 is 0. The number of aryl methyl sites for hydroxylation is 2. The SMILES string of the molecule is CCN(C(=O)c1cccn1C)C(c1ccc(C)cc1)c1cccnc1. The Morgan fingerprint density at radius 3 is 2.44 bits per heavy atom. The van der Waals surface area contributed by atoms with Crippen LogP contribution >= 0.6 is 0 Å². The maximum Gasteiger partial charge on any atom is 0.271 e. The fourth-order valence-electron chi connectivity index (χ4n) is 3.11. The summed E-state index contributed by atoms with van der Waals surface area (Å²) in [6.07, 6.45) is 5.49. The van der Waals surface area contributed by atoms with E-state index in [0.717, 1.165) is 11.1 Å². The first-order valence-electron chi connectivity index (χ1n) is 8.50. The van der Waals surface area contributed by atoms with Gasteiger partial charge in [0.1, 0.15) is 5.69 Å². The normalized spacial score (nSPS) is 12.0. The molecule has 3 rings (SSSR count). The van der Waals surface area contributed by atoms with Gasteiger partial charge in [0.2, 0.25) is 0 Å². The first-order valence-corrected chi connectivity index (χ1v) is 8.50. The zero-order valence-electron chi connectivity index (χ0n) is 14.9. The van der Waals surface area contributed by atoms with E-state index in [4.69, 9.17) is 0 Å². The van der Waals surface area contributed by atoms with Crippen LogP contribution in [0.3, 0.4) is 0 Å². The number of hydrogen-bond donors (Lipinski definition) is 0. The van der Waals surface area contributed by atoms with Crippen LogP contribution in [0.4, 0.5) is 0 Å². The molecule has 0 aliphatic rings. The number of carbonyl (C=O) groups is 1. The fourth-order valence-corrected chi connectivity index (χ4v) is 3.11.